The number of aliphatic carboxylic acids is 1. The van der Waals surface area contributed by atoms with Crippen LogP contribution in [0.3, 0.4) is 0 Å². The molecule has 0 spiro atoms. The fourth-order valence-electron chi connectivity index (χ4n) is 1.67. The molecule has 0 saturated carbocycles. The Morgan fingerprint density at radius 2 is 2.06 bits per heavy atom. The fourth-order valence-corrected chi connectivity index (χ4v) is 1.67. The lowest BCUT2D eigenvalue weighted by atomic mass is 10.0. The average Bonchev–Trinajstić information content (AvgIpc) is 2.73. The highest BCUT2D eigenvalue weighted by atomic mass is 16.5. The largest absolute Gasteiger partial charge is 0.481 e. The molecule has 0 bridgehead atoms. The highest BCUT2D eigenvalue weighted by molar-refractivity contribution is 5.84. The molecule has 1 rings (SSSR count). The summed E-state index contributed by atoms with van der Waals surface area (Å²) in [5.74, 6) is -2.32. The molecule has 96 valence electrons. The van der Waals surface area contributed by atoms with Crippen molar-refractivity contribution in [2.45, 2.75) is 13.0 Å². The SMILES string of the molecule is CC(=O)NCC(=O)N(C)C1COCC1C(=O)O. The van der Waals surface area contributed by atoms with E-state index in [9.17, 15) is 14.4 Å². The highest BCUT2D eigenvalue weighted by Gasteiger charge is 2.38. The number of hydrogen-bond donors (Lipinski definition) is 2. The van der Waals surface area contributed by atoms with Crippen LogP contribution in [0.1, 0.15) is 6.92 Å². The molecule has 0 radical (unpaired) electrons. The van der Waals surface area contributed by atoms with Gasteiger partial charge in [0.2, 0.25) is 11.8 Å². The van der Waals surface area contributed by atoms with Crippen LogP contribution in [-0.4, -0.2) is 60.6 Å². The molecule has 0 aliphatic carbocycles. The molecular weight excluding hydrogens is 228 g/mol. The second kappa shape index (κ2) is 5.62. The first-order chi connectivity index (χ1) is 7.93. The van der Waals surface area contributed by atoms with E-state index in [0.717, 1.165) is 0 Å². The van der Waals surface area contributed by atoms with E-state index in [2.05, 4.69) is 5.32 Å². The van der Waals surface area contributed by atoms with Crippen molar-refractivity contribution in [1.82, 2.24) is 10.2 Å². The number of carbonyl (C=O) groups excluding carboxylic acids is 2. The molecule has 1 aliphatic heterocycles. The van der Waals surface area contributed by atoms with Crippen LogP contribution < -0.4 is 5.32 Å². The summed E-state index contributed by atoms with van der Waals surface area (Å²) in [5.41, 5.74) is 0. The summed E-state index contributed by atoms with van der Waals surface area (Å²) in [7, 11) is 1.51. The summed E-state index contributed by atoms with van der Waals surface area (Å²) in [6.45, 7) is 1.50. The van der Waals surface area contributed by atoms with E-state index in [1.807, 2.05) is 0 Å². The van der Waals surface area contributed by atoms with Crippen molar-refractivity contribution in [2.75, 3.05) is 26.8 Å². The summed E-state index contributed by atoms with van der Waals surface area (Å²) in [6, 6.07) is -0.478. The summed E-state index contributed by atoms with van der Waals surface area (Å²) in [4.78, 5) is 34.6. The van der Waals surface area contributed by atoms with Gasteiger partial charge in [-0.05, 0) is 0 Å². The van der Waals surface area contributed by atoms with Gasteiger partial charge in [0.05, 0.1) is 25.8 Å². The van der Waals surface area contributed by atoms with Crippen molar-refractivity contribution in [3.05, 3.63) is 0 Å². The topological polar surface area (TPSA) is 95.9 Å². The molecule has 2 N–H and O–H groups in total. The van der Waals surface area contributed by atoms with Gasteiger partial charge in [0.1, 0.15) is 5.92 Å². The first-order valence-electron chi connectivity index (χ1n) is 5.24. The van der Waals surface area contributed by atoms with E-state index in [4.69, 9.17) is 9.84 Å². The van der Waals surface area contributed by atoms with Gasteiger partial charge in [-0.1, -0.05) is 0 Å². The molecule has 2 atom stereocenters. The molecule has 0 aromatic carbocycles. The van der Waals surface area contributed by atoms with Crippen LogP contribution in [0.5, 0.6) is 0 Å². The molecule has 17 heavy (non-hydrogen) atoms. The number of carboxylic acid groups (broad SMARTS) is 1. The summed E-state index contributed by atoms with van der Waals surface area (Å²) in [6.07, 6.45) is 0. The van der Waals surface area contributed by atoms with Gasteiger partial charge in [-0.3, -0.25) is 14.4 Å². The Bertz CT molecular complexity index is 331. The lowest BCUT2D eigenvalue weighted by molar-refractivity contribution is -0.144. The van der Waals surface area contributed by atoms with Gasteiger partial charge < -0.3 is 20.1 Å². The van der Waals surface area contributed by atoms with E-state index < -0.39 is 17.9 Å². The molecule has 1 fully saturated rings. The summed E-state index contributed by atoms with van der Waals surface area (Å²) < 4.78 is 5.07. The molecule has 0 aromatic rings. The number of amides is 2. The molecule has 7 nitrogen and oxygen atoms in total. The zero-order chi connectivity index (χ0) is 13.0. The normalized spacial score (nSPS) is 23.2. The minimum Gasteiger partial charge on any atom is -0.481 e. The van der Waals surface area contributed by atoms with E-state index in [-0.39, 0.29) is 31.6 Å². The molecule has 7 heteroatoms. The Hall–Kier alpha value is -1.63. The van der Waals surface area contributed by atoms with Gasteiger partial charge in [0, 0.05) is 14.0 Å². The van der Waals surface area contributed by atoms with E-state index in [1.54, 1.807) is 0 Å². The van der Waals surface area contributed by atoms with Gasteiger partial charge in [-0.2, -0.15) is 0 Å². The third kappa shape index (κ3) is 3.42. The lowest BCUT2D eigenvalue weighted by Crippen LogP contribution is -2.47. The van der Waals surface area contributed by atoms with Crippen LogP contribution >= 0.6 is 0 Å². The highest BCUT2D eigenvalue weighted by Crippen LogP contribution is 2.18. The minimum absolute atomic E-state index is 0.109. The maximum Gasteiger partial charge on any atom is 0.311 e. The number of likely N-dealkylation sites (N-methyl/N-ethyl adjacent to an activating group) is 1. The van der Waals surface area contributed by atoms with Crippen LogP contribution in [0, 0.1) is 5.92 Å². The van der Waals surface area contributed by atoms with E-state index in [1.165, 1.54) is 18.9 Å². The maximum atomic E-state index is 11.7. The Labute approximate surface area is 98.7 Å². The van der Waals surface area contributed by atoms with Crippen LogP contribution in [0.25, 0.3) is 0 Å². The van der Waals surface area contributed by atoms with Crippen molar-refractivity contribution >= 4 is 17.8 Å². The third-order valence-corrected chi connectivity index (χ3v) is 2.75. The maximum absolute atomic E-state index is 11.7. The van der Waals surface area contributed by atoms with Crippen LogP contribution in [0.15, 0.2) is 0 Å². The molecule has 1 saturated heterocycles. The average molecular weight is 244 g/mol. The van der Waals surface area contributed by atoms with Gasteiger partial charge in [0.25, 0.3) is 0 Å². The lowest BCUT2D eigenvalue weighted by Gasteiger charge is -2.26. The number of nitrogens with one attached hydrogen (secondary N) is 1. The number of carboxylic acids is 1. The molecule has 1 heterocycles. The number of rotatable bonds is 4. The van der Waals surface area contributed by atoms with Gasteiger partial charge in [-0.25, -0.2) is 0 Å². The van der Waals surface area contributed by atoms with Gasteiger partial charge in [-0.15, -0.1) is 0 Å². The zero-order valence-corrected chi connectivity index (χ0v) is 9.80. The molecule has 0 aromatic heterocycles. The molecule has 2 unspecified atom stereocenters. The summed E-state index contributed by atoms with van der Waals surface area (Å²) in [5, 5.41) is 11.3. The van der Waals surface area contributed by atoms with Crippen molar-refractivity contribution in [3.8, 4) is 0 Å². The van der Waals surface area contributed by atoms with Crippen molar-refractivity contribution in [3.63, 3.8) is 0 Å². The van der Waals surface area contributed by atoms with Crippen molar-refractivity contribution in [2.24, 2.45) is 5.92 Å². The molecule has 2 amide bonds. The van der Waals surface area contributed by atoms with Crippen LogP contribution in [0.4, 0.5) is 0 Å². The van der Waals surface area contributed by atoms with E-state index in [0.29, 0.717) is 0 Å². The molecule has 1 aliphatic rings. The Morgan fingerprint density at radius 3 is 2.59 bits per heavy atom. The first-order valence-corrected chi connectivity index (χ1v) is 5.24. The van der Waals surface area contributed by atoms with Crippen LogP contribution in [0.2, 0.25) is 0 Å². The standard InChI is InChI=1S/C10H16N2O5/c1-6(13)11-3-9(14)12(2)8-5-17-4-7(8)10(15)16/h7-8H,3-5H2,1-2H3,(H,11,13)(H,15,16). The summed E-state index contributed by atoms with van der Waals surface area (Å²) >= 11 is 0. The van der Waals surface area contributed by atoms with Gasteiger partial charge >= 0.3 is 5.97 Å². The minimum atomic E-state index is -0.980. The molecular formula is C10H16N2O5. The predicted molar refractivity (Wildman–Crippen MR) is 57.2 cm³/mol. The Kier molecular flexibility index (Phi) is 4.45. The van der Waals surface area contributed by atoms with Gasteiger partial charge in [0.15, 0.2) is 0 Å². The Morgan fingerprint density at radius 1 is 1.41 bits per heavy atom. The number of nitrogens with zero attached hydrogens (tertiary/aromatic N) is 1. The zero-order valence-electron chi connectivity index (χ0n) is 9.80. The van der Waals surface area contributed by atoms with Crippen molar-refractivity contribution in [1.29, 1.82) is 0 Å². The predicted octanol–water partition coefficient (Wildman–Crippen LogP) is -1.32. The monoisotopic (exact) mass is 244 g/mol. The number of carbonyl (C=O) groups is 3. The number of ether oxygens (including phenoxy) is 1. The number of hydrogen-bond acceptors (Lipinski definition) is 4. The smallest absolute Gasteiger partial charge is 0.311 e. The second-order valence-corrected chi connectivity index (χ2v) is 3.96. The van der Waals surface area contributed by atoms with E-state index >= 15 is 0 Å². The first kappa shape index (κ1) is 13.4. The Balaban J connectivity index is 2.56. The second-order valence-electron chi connectivity index (χ2n) is 3.96. The third-order valence-electron chi connectivity index (χ3n) is 2.75. The fraction of sp³-hybridized carbons (Fsp3) is 0.700. The van der Waals surface area contributed by atoms with Crippen molar-refractivity contribution < 1.29 is 24.2 Å². The quantitative estimate of drug-likeness (QED) is 0.639. The van der Waals surface area contributed by atoms with Crippen LogP contribution in [-0.2, 0) is 19.1 Å².